The Kier molecular flexibility index (Phi) is 5.77. The molecule has 138 valence electrons. The zero-order valence-corrected chi connectivity index (χ0v) is 14.7. The summed E-state index contributed by atoms with van der Waals surface area (Å²) in [5.41, 5.74) is 1.03. The van der Waals surface area contributed by atoms with Gasteiger partial charge >= 0.3 is 6.09 Å². The molecule has 0 spiro atoms. The third-order valence-electron chi connectivity index (χ3n) is 4.36. The highest BCUT2D eigenvalue weighted by atomic mass is 16.6. The third kappa shape index (κ3) is 4.16. The summed E-state index contributed by atoms with van der Waals surface area (Å²) < 4.78 is 6.51. The Bertz CT molecular complexity index is 713. The van der Waals surface area contributed by atoms with E-state index in [2.05, 4.69) is 15.5 Å². The fourth-order valence-electron chi connectivity index (χ4n) is 2.98. The molecule has 1 atom stereocenters. The zero-order valence-electron chi connectivity index (χ0n) is 14.7. The van der Waals surface area contributed by atoms with Crippen molar-refractivity contribution in [3.8, 4) is 0 Å². The maximum absolute atomic E-state index is 13.1. The second kappa shape index (κ2) is 8.41. The van der Waals surface area contributed by atoms with Gasteiger partial charge in [-0.3, -0.25) is 4.79 Å². The number of hydrogen-bond acceptors (Lipinski definition) is 6. The van der Waals surface area contributed by atoms with E-state index in [-0.39, 0.29) is 12.0 Å². The van der Waals surface area contributed by atoms with Gasteiger partial charge in [-0.15, -0.1) is 5.10 Å². The minimum Gasteiger partial charge on any atom is -0.450 e. The Hall–Kier alpha value is -2.97. The molecule has 26 heavy (non-hydrogen) atoms. The van der Waals surface area contributed by atoms with E-state index >= 15 is 0 Å². The number of benzene rings is 1. The first-order valence-corrected chi connectivity index (χ1v) is 8.66. The first kappa shape index (κ1) is 17.8. The standard InChI is InChI=1S/C17H22N6O3/c1-2-26-17(25)22-10-8-21(9-11-22)16(24)15(23-13-18-19-20-23)12-14-6-4-3-5-7-14/h3-7,13,15H,2,8-12H2,1H3. The van der Waals surface area contributed by atoms with E-state index in [1.54, 1.807) is 16.7 Å². The Balaban J connectivity index is 1.68. The number of hydrogen-bond donors (Lipinski definition) is 0. The van der Waals surface area contributed by atoms with Crippen molar-refractivity contribution in [1.29, 1.82) is 0 Å². The van der Waals surface area contributed by atoms with Crippen LogP contribution in [-0.2, 0) is 16.0 Å². The van der Waals surface area contributed by atoms with E-state index in [4.69, 9.17) is 4.74 Å². The van der Waals surface area contributed by atoms with Crippen LogP contribution in [0.5, 0.6) is 0 Å². The highest BCUT2D eigenvalue weighted by molar-refractivity contribution is 5.81. The Morgan fingerprint density at radius 1 is 1.12 bits per heavy atom. The van der Waals surface area contributed by atoms with Crippen LogP contribution in [0.1, 0.15) is 18.5 Å². The highest BCUT2D eigenvalue weighted by Crippen LogP contribution is 2.17. The van der Waals surface area contributed by atoms with E-state index in [1.807, 2.05) is 30.3 Å². The molecule has 1 unspecified atom stereocenters. The van der Waals surface area contributed by atoms with Crippen molar-refractivity contribution < 1.29 is 14.3 Å². The number of piperazine rings is 1. The fourth-order valence-corrected chi connectivity index (χ4v) is 2.98. The summed E-state index contributed by atoms with van der Waals surface area (Å²) >= 11 is 0. The van der Waals surface area contributed by atoms with Gasteiger partial charge in [0.15, 0.2) is 0 Å². The van der Waals surface area contributed by atoms with Gasteiger partial charge in [0, 0.05) is 32.6 Å². The summed E-state index contributed by atoms with van der Waals surface area (Å²) in [6.45, 7) is 3.96. The van der Waals surface area contributed by atoms with Crippen molar-refractivity contribution in [2.75, 3.05) is 32.8 Å². The number of tetrazole rings is 1. The molecule has 1 fully saturated rings. The summed E-state index contributed by atoms with van der Waals surface area (Å²) in [5.74, 6) is -0.0512. The molecule has 0 saturated carbocycles. The van der Waals surface area contributed by atoms with E-state index in [9.17, 15) is 9.59 Å². The smallest absolute Gasteiger partial charge is 0.409 e. The Morgan fingerprint density at radius 3 is 2.42 bits per heavy atom. The molecule has 0 aliphatic carbocycles. The maximum atomic E-state index is 13.1. The van der Waals surface area contributed by atoms with Crippen molar-refractivity contribution in [2.24, 2.45) is 0 Å². The number of carbonyl (C=O) groups is 2. The summed E-state index contributed by atoms with van der Waals surface area (Å²) in [6, 6.07) is 9.25. The molecule has 2 amide bonds. The van der Waals surface area contributed by atoms with E-state index < -0.39 is 6.04 Å². The number of nitrogens with zero attached hydrogens (tertiary/aromatic N) is 6. The largest absolute Gasteiger partial charge is 0.450 e. The lowest BCUT2D eigenvalue weighted by Gasteiger charge is -2.35. The van der Waals surface area contributed by atoms with Crippen molar-refractivity contribution in [3.05, 3.63) is 42.2 Å². The van der Waals surface area contributed by atoms with E-state index in [0.717, 1.165) is 5.56 Å². The summed E-state index contributed by atoms with van der Waals surface area (Å²) in [5, 5.41) is 11.2. The molecule has 0 N–H and O–H groups in total. The summed E-state index contributed by atoms with van der Waals surface area (Å²) in [4.78, 5) is 28.3. The zero-order chi connectivity index (χ0) is 18.4. The molecule has 3 rings (SSSR count). The molecule has 1 aromatic heterocycles. The molecule has 0 bridgehead atoms. The van der Waals surface area contributed by atoms with Crippen LogP contribution >= 0.6 is 0 Å². The first-order valence-electron chi connectivity index (χ1n) is 8.66. The van der Waals surface area contributed by atoms with Gasteiger partial charge in [0.1, 0.15) is 12.4 Å². The first-order chi connectivity index (χ1) is 12.7. The van der Waals surface area contributed by atoms with Gasteiger partial charge in [-0.2, -0.15) is 0 Å². The van der Waals surface area contributed by atoms with Gasteiger partial charge in [-0.1, -0.05) is 30.3 Å². The molecule has 9 nitrogen and oxygen atoms in total. The minimum absolute atomic E-state index is 0.0512. The lowest BCUT2D eigenvalue weighted by molar-refractivity contribution is -0.136. The van der Waals surface area contributed by atoms with Crippen molar-refractivity contribution >= 4 is 12.0 Å². The van der Waals surface area contributed by atoms with Gasteiger partial charge in [0.05, 0.1) is 6.61 Å². The van der Waals surface area contributed by atoms with Gasteiger partial charge in [-0.05, 0) is 22.9 Å². The van der Waals surface area contributed by atoms with Crippen molar-refractivity contribution in [3.63, 3.8) is 0 Å². The Morgan fingerprint density at radius 2 is 1.81 bits per heavy atom. The third-order valence-corrected chi connectivity index (χ3v) is 4.36. The van der Waals surface area contributed by atoms with Crippen LogP contribution in [0, 0.1) is 0 Å². The van der Waals surface area contributed by atoms with Crippen LogP contribution in [0.3, 0.4) is 0 Å². The van der Waals surface area contributed by atoms with Crippen molar-refractivity contribution in [1.82, 2.24) is 30.0 Å². The molecule has 9 heteroatoms. The second-order valence-corrected chi connectivity index (χ2v) is 6.01. The van der Waals surface area contributed by atoms with Gasteiger partial charge < -0.3 is 14.5 Å². The van der Waals surface area contributed by atoms with Crippen LogP contribution in [0.2, 0.25) is 0 Å². The quantitative estimate of drug-likeness (QED) is 0.783. The molecular weight excluding hydrogens is 336 g/mol. The number of rotatable bonds is 5. The number of ether oxygens (including phenoxy) is 1. The number of carbonyl (C=O) groups excluding carboxylic acids is 2. The fraction of sp³-hybridized carbons (Fsp3) is 0.471. The summed E-state index contributed by atoms with van der Waals surface area (Å²) in [6.07, 6.45) is 1.63. The normalized spacial score (nSPS) is 15.6. The SMILES string of the molecule is CCOC(=O)N1CCN(C(=O)C(Cc2ccccc2)n2cnnn2)CC1. The average Bonchev–Trinajstić information content (AvgIpc) is 3.21. The lowest BCUT2D eigenvalue weighted by atomic mass is 10.0. The summed E-state index contributed by atoms with van der Waals surface area (Å²) in [7, 11) is 0. The predicted octanol–water partition coefficient (Wildman–Crippen LogP) is 0.758. The molecular formula is C17H22N6O3. The lowest BCUT2D eigenvalue weighted by Crippen LogP contribution is -2.52. The molecule has 1 aliphatic rings. The van der Waals surface area contributed by atoms with E-state index in [0.29, 0.717) is 39.2 Å². The van der Waals surface area contributed by atoms with Crippen LogP contribution in [-0.4, -0.2) is 74.8 Å². The van der Waals surface area contributed by atoms with Crippen LogP contribution in [0.4, 0.5) is 4.79 Å². The molecule has 1 saturated heterocycles. The molecule has 0 radical (unpaired) electrons. The van der Waals surface area contributed by atoms with E-state index in [1.165, 1.54) is 11.0 Å². The van der Waals surface area contributed by atoms with Gasteiger partial charge in [0.2, 0.25) is 5.91 Å². The van der Waals surface area contributed by atoms with Crippen LogP contribution in [0.15, 0.2) is 36.7 Å². The Labute approximate surface area is 151 Å². The molecule has 1 aliphatic heterocycles. The molecule has 1 aromatic carbocycles. The monoisotopic (exact) mass is 358 g/mol. The minimum atomic E-state index is -0.512. The predicted molar refractivity (Wildman–Crippen MR) is 92.2 cm³/mol. The number of amides is 2. The molecule has 2 heterocycles. The highest BCUT2D eigenvalue weighted by Gasteiger charge is 2.31. The second-order valence-electron chi connectivity index (χ2n) is 6.01. The average molecular weight is 358 g/mol. The van der Waals surface area contributed by atoms with Crippen molar-refractivity contribution in [2.45, 2.75) is 19.4 Å². The maximum Gasteiger partial charge on any atom is 0.409 e. The number of aromatic nitrogens is 4. The van der Waals surface area contributed by atoms with Crippen LogP contribution in [0.25, 0.3) is 0 Å². The van der Waals surface area contributed by atoms with Crippen LogP contribution < -0.4 is 0 Å². The van der Waals surface area contributed by atoms with Gasteiger partial charge in [-0.25, -0.2) is 9.48 Å². The topological polar surface area (TPSA) is 93.5 Å². The van der Waals surface area contributed by atoms with Gasteiger partial charge in [0.25, 0.3) is 0 Å². The molecule has 2 aromatic rings.